The normalized spacial score (nSPS) is 21.1. The average Bonchev–Trinajstić information content (AvgIpc) is 2.78. The number of fused-ring (bicyclic) bond motifs is 1. The maximum atomic E-state index is 5.59. The van der Waals surface area contributed by atoms with E-state index in [0.29, 0.717) is 5.92 Å². The first-order valence-electron chi connectivity index (χ1n) is 6.06. The van der Waals surface area contributed by atoms with E-state index in [1.807, 2.05) is 12.3 Å². The second-order valence-electron chi connectivity index (χ2n) is 4.61. The molecule has 0 amide bonds. The number of ether oxygens (including phenoxy) is 1. The molecule has 0 saturated heterocycles. The van der Waals surface area contributed by atoms with Crippen LogP contribution in [0.5, 0.6) is 5.75 Å². The van der Waals surface area contributed by atoms with E-state index >= 15 is 0 Å². The van der Waals surface area contributed by atoms with Crippen molar-refractivity contribution in [1.29, 1.82) is 0 Å². The second kappa shape index (κ2) is 3.84. The lowest BCUT2D eigenvalue weighted by Gasteiger charge is -2.22. The van der Waals surface area contributed by atoms with Gasteiger partial charge in [-0.1, -0.05) is 19.3 Å². The Hall–Kier alpha value is -1.05. The number of aromatic nitrogens is 1. The number of hydrogen-bond donors (Lipinski definition) is 0. The first kappa shape index (κ1) is 9.20. The summed E-state index contributed by atoms with van der Waals surface area (Å²) in [7, 11) is 0. The summed E-state index contributed by atoms with van der Waals surface area (Å²) in [6, 6.07) is 2.01. The minimum Gasteiger partial charge on any atom is -0.493 e. The molecule has 0 radical (unpaired) electrons. The van der Waals surface area contributed by atoms with Gasteiger partial charge in [-0.05, 0) is 18.9 Å². The summed E-state index contributed by atoms with van der Waals surface area (Å²) in [6.07, 6.45) is 9.77. The van der Waals surface area contributed by atoms with Crippen molar-refractivity contribution in [2.24, 2.45) is 0 Å². The van der Waals surface area contributed by atoms with Gasteiger partial charge in [-0.15, -0.1) is 0 Å². The number of hydrogen-bond acceptors (Lipinski definition) is 2. The van der Waals surface area contributed by atoms with Crippen LogP contribution in [0.1, 0.15) is 49.3 Å². The SMILES string of the molecule is c1cc2c(c(C3CCCCC3)n1)CCO2. The van der Waals surface area contributed by atoms with E-state index < -0.39 is 0 Å². The van der Waals surface area contributed by atoms with Gasteiger partial charge < -0.3 is 4.74 Å². The number of rotatable bonds is 1. The van der Waals surface area contributed by atoms with Crippen LogP contribution in [0.3, 0.4) is 0 Å². The molecule has 0 bridgehead atoms. The lowest BCUT2D eigenvalue weighted by Crippen LogP contribution is -2.08. The van der Waals surface area contributed by atoms with Crippen LogP contribution in [0.15, 0.2) is 12.3 Å². The Morgan fingerprint density at radius 3 is 2.93 bits per heavy atom. The highest BCUT2D eigenvalue weighted by atomic mass is 16.5. The molecule has 0 aromatic carbocycles. The van der Waals surface area contributed by atoms with Gasteiger partial charge in [0, 0.05) is 24.1 Å². The molecule has 0 atom stereocenters. The van der Waals surface area contributed by atoms with Crippen LogP contribution in [0.25, 0.3) is 0 Å². The third-order valence-electron chi connectivity index (χ3n) is 3.65. The maximum absolute atomic E-state index is 5.59. The molecule has 0 spiro atoms. The number of pyridine rings is 1. The molecular formula is C13H17NO. The van der Waals surface area contributed by atoms with Crippen LogP contribution in [0, 0.1) is 0 Å². The Balaban J connectivity index is 1.93. The van der Waals surface area contributed by atoms with Gasteiger partial charge in [-0.2, -0.15) is 0 Å². The molecule has 1 aliphatic carbocycles. The van der Waals surface area contributed by atoms with Gasteiger partial charge in [0.1, 0.15) is 5.75 Å². The van der Waals surface area contributed by atoms with Gasteiger partial charge in [-0.3, -0.25) is 4.98 Å². The van der Waals surface area contributed by atoms with Crippen molar-refractivity contribution in [3.05, 3.63) is 23.5 Å². The molecule has 2 nitrogen and oxygen atoms in total. The van der Waals surface area contributed by atoms with E-state index in [0.717, 1.165) is 18.8 Å². The minimum absolute atomic E-state index is 0.704. The topological polar surface area (TPSA) is 22.1 Å². The van der Waals surface area contributed by atoms with Gasteiger partial charge in [0.25, 0.3) is 0 Å². The molecule has 0 N–H and O–H groups in total. The summed E-state index contributed by atoms with van der Waals surface area (Å²) >= 11 is 0. The molecule has 2 aliphatic rings. The van der Waals surface area contributed by atoms with Crippen LogP contribution in [-0.4, -0.2) is 11.6 Å². The van der Waals surface area contributed by atoms with Crippen LogP contribution in [-0.2, 0) is 6.42 Å². The van der Waals surface area contributed by atoms with Crippen molar-refractivity contribution >= 4 is 0 Å². The summed E-state index contributed by atoms with van der Waals surface area (Å²) in [4.78, 5) is 4.59. The number of nitrogens with zero attached hydrogens (tertiary/aromatic N) is 1. The summed E-state index contributed by atoms with van der Waals surface area (Å²) in [5.74, 6) is 1.79. The lowest BCUT2D eigenvalue weighted by atomic mass is 9.84. The average molecular weight is 203 g/mol. The quantitative estimate of drug-likeness (QED) is 0.699. The molecule has 3 rings (SSSR count). The molecule has 2 heteroatoms. The fourth-order valence-corrected chi connectivity index (χ4v) is 2.87. The molecule has 1 aromatic heterocycles. The van der Waals surface area contributed by atoms with Crippen molar-refractivity contribution in [3.63, 3.8) is 0 Å². The molecular weight excluding hydrogens is 186 g/mol. The zero-order valence-corrected chi connectivity index (χ0v) is 9.04. The van der Waals surface area contributed by atoms with Gasteiger partial charge >= 0.3 is 0 Å². The molecule has 80 valence electrons. The molecule has 1 saturated carbocycles. The summed E-state index contributed by atoms with van der Waals surface area (Å²) in [6.45, 7) is 0.848. The largest absolute Gasteiger partial charge is 0.493 e. The highest BCUT2D eigenvalue weighted by molar-refractivity contribution is 5.40. The van der Waals surface area contributed by atoms with Gasteiger partial charge in [0.15, 0.2) is 0 Å². The molecule has 0 unspecified atom stereocenters. The van der Waals surface area contributed by atoms with Crippen LogP contribution in [0.2, 0.25) is 0 Å². The van der Waals surface area contributed by atoms with Crippen LogP contribution >= 0.6 is 0 Å². The summed E-state index contributed by atoms with van der Waals surface area (Å²) in [5.41, 5.74) is 2.73. The van der Waals surface area contributed by atoms with Crippen molar-refractivity contribution in [1.82, 2.24) is 4.98 Å². The van der Waals surface area contributed by atoms with Crippen molar-refractivity contribution in [2.75, 3.05) is 6.61 Å². The first-order valence-corrected chi connectivity index (χ1v) is 6.06. The van der Waals surface area contributed by atoms with Crippen LogP contribution < -0.4 is 4.74 Å². The zero-order valence-electron chi connectivity index (χ0n) is 9.04. The van der Waals surface area contributed by atoms with E-state index in [1.165, 1.54) is 43.4 Å². The molecule has 15 heavy (non-hydrogen) atoms. The minimum atomic E-state index is 0.704. The maximum Gasteiger partial charge on any atom is 0.125 e. The smallest absolute Gasteiger partial charge is 0.125 e. The van der Waals surface area contributed by atoms with E-state index in [-0.39, 0.29) is 0 Å². The van der Waals surface area contributed by atoms with Gasteiger partial charge in [0.05, 0.1) is 12.3 Å². The Bertz CT molecular complexity index is 356. The molecule has 2 heterocycles. The van der Waals surface area contributed by atoms with E-state index in [2.05, 4.69) is 4.98 Å². The molecule has 1 aromatic rings. The van der Waals surface area contributed by atoms with Gasteiger partial charge in [0.2, 0.25) is 0 Å². The predicted octanol–water partition coefficient (Wildman–Crippen LogP) is 3.06. The third kappa shape index (κ3) is 1.62. The molecule has 1 fully saturated rings. The van der Waals surface area contributed by atoms with E-state index in [4.69, 9.17) is 4.74 Å². The molecule has 1 aliphatic heterocycles. The Morgan fingerprint density at radius 1 is 1.20 bits per heavy atom. The van der Waals surface area contributed by atoms with E-state index in [1.54, 1.807) is 0 Å². The van der Waals surface area contributed by atoms with Gasteiger partial charge in [-0.25, -0.2) is 0 Å². The zero-order chi connectivity index (χ0) is 10.1. The highest BCUT2D eigenvalue weighted by Crippen LogP contribution is 2.37. The van der Waals surface area contributed by atoms with Crippen LogP contribution in [0.4, 0.5) is 0 Å². The second-order valence-corrected chi connectivity index (χ2v) is 4.61. The Morgan fingerprint density at radius 2 is 2.07 bits per heavy atom. The third-order valence-corrected chi connectivity index (χ3v) is 3.65. The fraction of sp³-hybridized carbons (Fsp3) is 0.615. The lowest BCUT2D eigenvalue weighted by molar-refractivity contribution is 0.356. The standard InChI is InChI=1S/C13H17NO/c1-2-4-10(5-3-1)13-11-7-9-15-12(11)6-8-14-13/h6,8,10H,1-5,7,9H2. The van der Waals surface area contributed by atoms with E-state index in [9.17, 15) is 0 Å². The first-order chi connectivity index (χ1) is 7.45. The van der Waals surface area contributed by atoms with Crippen molar-refractivity contribution in [2.45, 2.75) is 44.4 Å². The van der Waals surface area contributed by atoms with Crippen molar-refractivity contribution in [3.8, 4) is 5.75 Å². The Labute approximate surface area is 90.7 Å². The highest BCUT2D eigenvalue weighted by Gasteiger charge is 2.24. The predicted molar refractivity (Wildman–Crippen MR) is 59.3 cm³/mol. The summed E-state index contributed by atoms with van der Waals surface area (Å²) in [5, 5.41) is 0. The van der Waals surface area contributed by atoms with Crippen molar-refractivity contribution < 1.29 is 4.74 Å². The fourth-order valence-electron chi connectivity index (χ4n) is 2.87. The Kier molecular flexibility index (Phi) is 2.35. The monoisotopic (exact) mass is 203 g/mol. The summed E-state index contributed by atoms with van der Waals surface area (Å²) < 4.78 is 5.59.